The first-order valence-electron chi connectivity index (χ1n) is 8.16. The molecule has 6 heteroatoms. The monoisotopic (exact) mass is 347 g/mol. The number of hydrogen-bond donors (Lipinski definition) is 1. The Hall–Kier alpha value is -1.79. The molecule has 0 aliphatic rings. The van der Waals surface area contributed by atoms with Crippen LogP contribution in [0.25, 0.3) is 11.3 Å². The molecule has 130 valence electrons. The third-order valence-electron chi connectivity index (χ3n) is 3.44. The number of imidazole rings is 1. The molecule has 1 N–H and O–H groups in total. The van der Waals surface area contributed by atoms with Gasteiger partial charge in [0.1, 0.15) is 0 Å². The topological polar surface area (TPSA) is 56.1 Å². The summed E-state index contributed by atoms with van der Waals surface area (Å²) in [5.74, 6) is 0.387. The van der Waals surface area contributed by atoms with Crippen LogP contribution in [0.4, 0.5) is 0 Å². The number of aromatic nitrogens is 2. The van der Waals surface area contributed by atoms with Crippen molar-refractivity contribution in [3.05, 3.63) is 36.5 Å². The molecule has 1 heterocycles. The van der Waals surface area contributed by atoms with E-state index in [9.17, 15) is 4.79 Å². The van der Waals surface area contributed by atoms with Crippen molar-refractivity contribution in [2.45, 2.75) is 31.5 Å². The van der Waals surface area contributed by atoms with Crippen LogP contribution < -0.4 is 5.32 Å². The van der Waals surface area contributed by atoms with Gasteiger partial charge in [-0.05, 0) is 25.8 Å². The van der Waals surface area contributed by atoms with Crippen LogP contribution in [0.3, 0.4) is 0 Å². The molecule has 0 saturated heterocycles. The van der Waals surface area contributed by atoms with Crippen molar-refractivity contribution >= 4 is 17.7 Å². The van der Waals surface area contributed by atoms with Crippen LogP contribution in [0.5, 0.6) is 0 Å². The predicted molar refractivity (Wildman–Crippen MR) is 98.1 cm³/mol. The number of carbonyl (C=O) groups is 1. The van der Waals surface area contributed by atoms with Gasteiger partial charge in [-0.3, -0.25) is 4.79 Å². The van der Waals surface area contributed by atoms with Gasteiger partial charge >= 0.3 is 0 Å². The van der Waals surface area contributed by atoms with E-state index in [1.807, 2.05) is 49.9 Å². The van der Waals surface area contributed by atoms with Crippen LogP contribution in [0.1, 0.15) is 20.3 Å². The molecule has 0 atom stereocenters. The Bertz CT molecular complexity index is 641. The Kier molecular flexibility index (Phi) is 7.34. The highest BCUT2D eigenvalue weighted by molar-refractivity contribution is 7.99. The van der Waals surface area contributed by atoms with Gasteiger partial charge in [0.25, 0.3) is 0 Å². The molecular formula is C18H25N3O2S. The minimum atomic E-state index is 0.0220. The minimum absolute atomic E-state index is 0.0220. The van der Waals surface area contributed by atoms with Crippen LogP contribution in [0, 0.1) is 0 Å². The maximum absolute atomic E-state index is 11.9. The summed E-state index contributed by atoms with van der Waals surface area (Å²) in [6.45, 7) is 5.32. The first-order chi connectivity index (χ1) is 11.6. The van der Waals surface area contributed by atoms with Crippen LogP contribution in [0.2, 0.25) is 0 Å². The third kappa shape index (κ3) is 5.69. The minimum Gasteiger partial charge on any atom is -0.379 e. The van der Waals surface area contributed by atoms with Gasteiger partial charge in [0.15, 0.2) is 5.16 Å². The van der Waals surface area contributed by atoms with E-state index in [-0.39, 0.29) is 12.0 Å². The quantitative estimate of drug-likeness (QED) is 0.559. The normalized spacial score (nSPS) is 11.0. The van der Waals surface area contributed by atoms with Crippen LogP contribution in [-0.2, 0) is 16.6 Å². The molecule has 1 aromatic heterocycles. The van der Waals surface area contributed by atoms with Crippen molar-refractivity contribution in [3.8, 4) is 11.3 Å². The highest BCUT2D eigenvalue weighted by Crippen LogP contribution is 2.24. The molecule has 5 nitrogen and oxygen atoms in total. The van der Waals surface area contributed by atoms with Gasteiger partial charge in [0.2, 0.25) is 5.91 Å². The molecular weight excluding hydrogens is 322 g/mol. The van der Waals surface area contributed by atoms with E-state index in [0.717, 1.165) is 22.8 Å². The van der Waals surface area contributed by atoms with E-state index < -0.39 is 0 Å². The lowest BCUT2D eigenvalue weighted by Gasteiger charge is -2.08. The summed E-state index contributed by atoms with van der Waals surface area (Å²) in [5, 5.41) is 3.75. The summed E-state index contributed by atoms with van der Waals surface area (Å²) >= 11 is 1.45. The van der Waals surface area contributed by atoms with Crippen molar-refractivity contribution in [3.63, 3.8) is 0 Å². The molecule has 0 radical (unpaired) electrons. The average molecular weight is 347 g/mol. The number of hydrogen-bond acceptors (Lipinski definition) is 4. The second kappa shape index (κ2) is 9.49. The molecule has 0 fully saturated rings. The highest BCUT2D eigenvalue weighted by atomic mass is 32.2. The van der Waals surface area contributed by atoms with Crippen molar-refractivity contribution in [1.82, 2.24) is 14.9 Å². The second-order valence-corrected chi connectivity index (χ2v) is 6.71. The molecule has 0 aliphatic carbocycles. The molecule has 2 aromatic rings. The van der Waals surface area contributed by atoms with Crippen molar-refractivity contribution < 1.29 is 9.53 Å². The highest BCUT2D eigenvalue weighted by Gasteiger charge is 2.10. The van der Waals surface area contributed by atoms with Crippen molar-refractivity contribution in [2.24, 2.45) is 7.05 Å². The molecule has 0 saturated carbocycles. The summed E-state index contributed by atoms with van der Waals surface area (Å²) in [7, 11) is 1.97. The van der Waals surface area contributed by atoms with Gasteiger partial charge in [-0.15, -0.1) is 0 Å². The van der Waals surface area contributed by atoms with Gasteiger partial charge in [-0.2, -0.15) is 0 Å². The number of rotatable bonds is 9. The first-order valence-corrected chi connectivity index (χ1v) is 9.14. The fraction of sp³-hybridized carbons (Fsp3) is 0.444. The molecule has 2 rings (SSSR count). The number of nitrogens with zero attached hydrogens (tertiary/aromatic N) is 2. The van der Waals surface area contributed by atoms with Gasteiger partial charge in [0, 0.05) is 20.2 Å². The Morgan fingerprint density at radius 3 is 2.79 bits per heavy atom. The lowest BCUT2D eigenvalue weighted by Crippen LogP contribution is -2.27. The number of benzene rings is 1. The van der Waals surface area contributed by atoms with Gasteiger partial charge in [-0.1, -0.05) is 42.1 Å². The average Bonchev–Trinajstić information content (AvgIpc) is 2.94. The summed E-state index contributed by atoms with van der Waals surface area (Å²) in [6.07, 6.45) is 2.91. The smallest absolute Gasteiger partial charge is 0.230 e. The second-order valence-electron chi connectivity index (χ2n) is 5.76. The first kappa shape index (κ1) is 18.5. The summed E-state index contributed by atoms with van der Waals surface area (Å²) in [5.41, 5.74) is 2.17. The molecule has 0 spiro atoms. The molecule has 1 aromatic carbocycles. The largest absolute Gasteiger partial charge is 0.379 e. The molecule has 0 unspecified atom stereocenters. The fourth-order valence-corrected chi connectivity index (χ4v) is 2.99. The summed E-state index contributed by atoms with van der Waals surface area (Å²) in [4.78, 5) is 16.3. The van der Waals surface area contributed by atoms with E-state index in [2.05, 4.69) is 22.4 Å². The van der Waals surface area contributed by atoms with Crippen molar-refractivity contribution in [2.75, 3.05) is 18.9 Å². The SMILES string of the molecule is CC(C)OCCCNC(=O)CSc1ncc(-c2ccccc2)n1C. The maximum atomic E-state index is 11.9. The summed E-state index contributed by atoms with van der Waals surface area (Å²) < 4.78 is 7.46. The van der Waals surface area contributed by atoms with E-state index >= 15 is 0 Å². The van der Waals surface area contributed by atoms with Gasteiger partial charge in [-0.25, -0.2) is 4.98 Å². The maximum Gasteiger partial charge on any atom is 0.230 e. The van der Waals surface area contributed by atoms with E-state index in [4.69, 9.17) is 4.74 Å². The van der Waals surface area contributed by atoms with E-state index in [0.29, 0.717) is 18.9 Å². The lowest BCUT2D eigenvalue weighted by molar-refractivity contribution is -0.118. The fourth-order valence-electron chi connectivity index (χ4n) is 2.20. The van der Waals surface area contributed by atoms with Gasteiger partial charge < -0.3 is 14.6 Å². The van der Waals surface area contributed by atoms with Crippen molar-refractivity contribution in [1.29, 1.82) is 0 Å². The van der Waals surface area contributed by atoms with Gasteiger partial charge in [0.05, 0.1) is 23.7 Å². The Morgan fingerprint density at radius 2 is 2.08 bits per heavy atom. The lowest BCUT2D eigenvalue weighted by atomic mass is 10.2. The zero-order valence-corrected chi connectivity index (χ0v) is 15.3. The van der Waals surface area contributed by atoms with Crippen LogP contribution in [-0.4, -0.2) is 40.5 Å². The Labute approximate surface area is 147 Å². The van der Waals surface area contributed by atoms with Crippen LogP contribution >= 0.6 is 11.8 Å². The number of nitrogens with one attached hydrogen (secondary N) is 1. The zero-order chi connectivity index (χ0) is 17.4. The number of carbonyl (C=O) groups excluding carboxylic acids is 1. The zero-order valence-electron chi connectivity index (χ0n) is 14.5. The number of amides is 1. The standard InChI is InChI=1S/C18H25N3O2S/c1-14(2)23-11-7-10-19-17(22)13-24-18-20-12-16(21(18)3)15-8-5-4-6-9-15/h4-6,8-9,12,14H,7,10-11,13H2,1-3H3,(H,19,22). The van der Waals surface area contributed by atoms with Crippen LogP contribution in [0.15, 0.2) is 41.7 Å². The molecule has 1 amide bonds. The number of ether oxygens (including phenoxy) is 1. The molecule has 24 heavy (non-hydrogen) atoms. The third-order valence-corrected chi connectivity index (χ3v) is 4.49. The predicted octanol–water partition coefficient (Wildman–Crippen LogP) is 3.11. The molecule has 0 bridgehead atoms. The van der Waals surface area contributed by atoms with E-state index in [1.54, 1.807) is 0 Å². The Morgan fingerprint density at radius 1 is 1.33 bits per heavy atom. The summed E-state index contributed by atoms with van der Waals surface area (Å²) in [6, 6.07) is 10.1. The molecule has 0 aliphatic heterocycles. The number of thioether (sulfide) groups is 1. The Balaban J connectivity index is 1.76. The van der Waals surface area contributed by atoms with E-state index in [1.165, 1.54) is 11.8 Å².